The summed E-state index contributed by atoms with van der Waals surface area (Å²) in [6.07, 6.45) is -6.21. The van der Waals surface area contributed by atoms with Crippen LogP contribution in [0.4, 0.5) is 18.0 Å². The van der Waals surface area contributed by atoms with E-state index in [-0.39, 0.29) is 23.8 Å². The Bertz CT molecular complexity index is 541. The lowest BCUT2D eigenvalue weighted by Crippen LogP contribution is -2.42. The third-order valence-electron chi connectivity index (χ3n) is 3.37. The highest BCUT2D eigenvalue weighted by atomic mass is 35.5. The zero-order valence-corrected chi connectivity index (χ0v) is 11.8. The highest BCUT2D eigenvalue weighted by molar-refractivity contribution is 6.29. The van der Waals surface area contributed by atoms with Gasteiger partial charge >= 0.3 is 12.3 Å². The van der Waals surface area contributed by atoms with E-state index >= 15 is 0 Å². The van der Waals surface area contributed by atoms with Crippen molar-refractivity contribution in [2.24, 2.45) is 0 Å². The van der Waals surface area contributed by atoms with Crippen LogP contribution < -0.4 is 5.32 Å². The van der Waals surface area contributed by atoms with Gasteiger partial charge in [0.1, 0.15) is 11.2 Å². The smallest absolute Gasteiger partial charge is 0.408 e. The van der Waals surface area contributed by atoms with E-state index in [9.17, 15) is 23.1 Å². The summed E-state index contributed by atoms with van der Waals surface area (Å²) >= 11 is 5.57. The molecule has 22 heavy (non-hydrogen) atoms. The molecule has 6 nitrogen and oxygen atoms in total. The standard InChI is InChI=1S/C12H13ClF3N3O3/c13-9-2-1-6(3-17-9)10(12(14,15)16)19-4-7(8(20)5-19)18-11(21)22/h1-3,7-8,10,18,20H,4-5H2,(H,21,22)/t7-,8?,10?/m1/s1. The summed E-state index contributed by atoms with van der Waals surface area (Å²) in [6.45, 7) is -0.571. The van der Waals surface area contributed by atoms with Crippen LogP contribution in [0.15, 0.2) is 18.3 Å². The topological polar surface area (TPSA) is 85.7 Å². The number of carboxylic acid groups (broad SMARTS) is 1. The van der Waals surface area contributed by atoms with Crippen LogP contribution in [0.5, 0.6) is 0 Å². The van der Waals surface area contributed by atoms with E-state index < -0.39 is 30.5 Å². The SMILES string of the molecule is O=C(O)N[C@@H]1CN(C(c2ccc(Cl)nc2)C(F)(F)F)CC1O. The van der Waals surface area contributed by atoms with Gasteiger partial charge < -0.3 is 15.5 Å². The lowest BCUT2D eigenvalue weighted by atomic mass is 10.1. The summed E-state index contributed by atoms with van der Waals surface area (Å²) in [5, 5.41) is 20.5. The van der Waals surface area contributed by atoms with Crippen LogP contribution >= 0.6 is 11.6 Å². The van der Waals surface area contributed by atoms with Gasteiger partial charge in [-0.05, 0) is 11.6 Å². The first-order valence-corrected chi connectivity index (χ1v) is 6.66. The number of hydrogen-bond acceptors (Lipinski definition) is 4. The van der Waals surface area contributed by atoms with Crippen LogP contribution in [0.25, 0.3) is 0 Å². The maximum Gasteiger partial charge on any atom is 0.408 e. The van der Waals surface area contributed by atoms with Crippen molar-refractivity contribution in [2.45, 2.75) is 24.4 Å². The molecule has 1 aromatic heterocycles. The summed E-state index contributed by atoms with van der Waals surface area (Å²) in [7, 11) is 0. The number of alkyl halides is 3. The van der Waals surface area contributed by atoms with Gasteiger partial charge in [-0.15, -0.1) is 0 Å². The molecule has 1 saturated heterocycles. The molecule has 3 N–H and O–H groups in total. The molecule has 0 saturated carbocycles. The Morgan fingerprint density at radius 1 is 1.45 bits per heavy atom. The summed E-state index contributed by atoms with van der Waals surface area (Å²) in [6, 6.07) is -0.525. The van der Waals surface area contributed by atoms with E-state index in [0.29, 0.717) is 0 Å². The van der Waals surface area contributed by atoms with Crippen LogP contribution in [0.1, 0.15) is 11.6 Å². The Balaban J connectivity index is 2.24. The third kappa shape index (κ3) is 3.79. The van der Waals surface area contributed by atoms with Gasteiger partial charge in [-0.2, -0.15) is 13.2 Å². The van der Waals surface area contributed by atoms with Gasteiger partial charge in [0.05, 0.1) is 12.1 Å². The van der Waals surface area contributed by atoms with Crippen LogP contribution in [0.2, 0.25) is 5.15 Å². The zero-order chi connectivity index (χ0) is 16.5. The first-order valence-electron chi connectivity index (χ1n) is 6.28. The first kappa shape index (κ1) is 16.8. The summed E-state index contributed by atoms with van der Waals surface area (Å²) < 4.78 is 40.1. The molecule has 2 unspecified atom stereocenters. The maximum atomic E-state index is 13.4. The maximum absolute atomic E-state index is 13.4. The number of rotatable bonds is 3. The molecule has 0 aromatic carbocycles. The molecule has 2 rings (SSSR count). The van der Waals surface area contributed by atoms with Gasteiger partial charge in [0.15, 0.2) is 0 Å². The lowest BCUT2D eigenvalue weighted by molar-refractivity contribution is -0.184. The van der Waals surface area contributed by atoms with Crippen molar-refractivity contribution in [3.05, 3.63) is 29.0 Å². The van der Waals surface area contributed by atoms with Gasteiger partial charge in [0, 0.05) is 19.3 Å². The largest absolute Gasteiger partial charge is 0.465 e. The Morgan fingerprint density at radius 2 is 2.14 bits per heavy atom. The number of aromatic nitrogens is 1. The van der Waals surface area contributed by atoms with E-state index in [1.807, 2.05) is 5.32 Å². The minimum atomic E-state index is -4.60. The molecule has 122 valence electrons. The number of aliphatic hydroxyl groups excluding tert-OH is 1. The Labute approximate surface area is 128 Å². The molecule has 1 aliphatic rings. The zero-order valence-electron chi connectivity index (χ0n) is 11.1. The molecule has 10 heteroatoms. The van der Waals surface area contributed by atoms with Crippen molar-refractivity contribution >= 4 is 17.7 Å². The minimum Gasteiger partial charge on any atom is -0.465 e. The van der Waals surface area contributed by atoms with Crippen molar-refractivity contribution in [1.29, 1.82) is 0 Å². The van der Waals surface area contributed by atoms with Gasteiger partial charge in [0.2, 0.25) is 0 Å². The second-order valence-electron chi connectivity index (χ2n) is 4.94. The van der Waals surface area contributed by atoms with E-state index in [1.165, 1.54) is 12.1 Å². The highest BCUT2D eigenvalue weighted by Gasteiger charge is 2.49. The number of pyridine rings is 1. The van der Waals surface area contributed by atoms with Gasteiger partial charge in [0.25, 0.3) is 0 Å². The summed E-state index contributed by atoms with van der Waals surface area (Å²) in [4.78, 5) is 15.2. The quantitative estimate of drug-likeness (QED) is 0.729. The van der Waals surface area contributed by atoms with Crippen LogP contribution in [0, 0.1) is 0 Å². The Kier molecular flexibility index (Phi) is 4.78. The molecule has 1 amide bonds. The molecule has 0 bridgehead atoms. The van der Waals surface area contributed by atoms with Crippen molar-refractivity contribution in [3.63, 3.8) is 0 Å². The van der Waals surface area contributed by atoms with Gasteiger partial charge in [-0.3, -0.25) is 4.90 Å². The number of halogens is 4. The normalized spacial score (nSPS) is 24.2. The number of carbonyl (C=O) groups is 1. The number of hydrogen-bond donors (Lipinski definition) is 3. The lowest BCUT2D eigenvalue weighted by Gasteiger charge is -2.29. The second-order valence-corrected chi connectivity index (χ2v) is 5.32. The number of amides is 1. The average molecular weight is 340 g/mol. The van der Waals surface area contributed by atoms with Gasteiger partial charge in [-0.25, -0.2) is 9.78 Å². The highest BCUT2D eigenvalue weighted by Crippen LogP contribution is 2.39. The van der Waals surface area contributed by atoms with Crippen LogP contribution in [-0.4, -0.2) is 57.6 Å². The molecular formula is C12H13ClF3N3O3. The number of aliphatic hydroxyl groups is 1. The molecule has 1 fully saturated rings. The van der Waals surface area contributed by atoms with Crippen molar-refractivity contribution in [3.8, 4) is 0 Å². The molecule has 0 spiro atoms. The third-order valence-corrected chi connectivity index (χ3v) is 3.59. The molecule has 1 aromatic rings. The molecule has 3 atom stereocenters. The fraction of sp³-hybridized carbons (Fsp3) is 0.500. The fourth-order valence-corrected chi connectivity index (χ4v) is 2.60. The Morgan fingerprint density at radius 3 is 2.64 bits per heavy atom. The molecule has 1 aliphatic heterocycles. The van der Waals surface area contributed by atoms with Crippen molar-refractivity contribution in [2.75, 3.05) is 13.1 Å². The summed E-state index contributed by atoms with van der Waals surface area (Å²) in [5.74, 6) is 0. The van der Waals surface area contributed by atoms with Crippen LogP contribution in [-0.2, 0) is 0 Å². The summed E-state index contributed by atoms with van der Waals surface area (Å²) in [5.41, 5.74) is -0.125. The second kappa shape index (κ2) is 6.27. The van der Waals surface area contributed by atoms with Crippen LogP contribution in [0.3, 0.4) is 0 Å². The van der Waals surface area contributed by atoms with E-state index in [1.54, 1.807) is 0 Å². The van der Waals surface area contributed by atoms with Crippen molar-refractivity contribution in [1.82, 2.24) is 15.2 Å². The Hall–Kier alpha value is -1.58. The van der Waals surface area contributed by atoms with Gasteiger partial charge in [-0.1, -0.05) is 17.7 Å². The predicted molar refractivity (Wildman–Crippen MR) is 70.6 cm³/mol. The number of β-amino-alcohol motifs (C(OH)–C–C–N with tert-alkyl or cyclic N) is 1. The molecule has 0 aliphatic carbocycles. The van der Waals surface area contributed by atoms with E-state index in [4.69, 9.17) is 16.7 Å². The average Bonchev–Trinajstić information content (AvgIpc) is 2.70. The fourth-order valence-electron chi connectivity index (χ4n) is 2.48. The molecule has 0 radical (unpaired) electrons. The van der Waals surface area contributed by atoms with Crippen molar-refractivity contribution < 1.29 is 28.2 Å². The van der Waals surface area contributed by atoms with E-state index in [0.717, 1.165) is 11.1 Å². The number of nitrogens with zero attached hydrogens (tertiary/aromatic N) is 2. The molecular weight excluding hydrogens is 327 g/mol. The minimum absolute atomic E-state index is 0.0663. The first-order chi connectivity index (χ1) is 10.2. The number of likely N-dealkylation sites (tertiary alicyclic amines) is 1. The number of nitrogens with one attached hydrogen (secondary N) is 1. The van der Waals surface area contributed by atoms with E-state index in [2.05, 4.69) is 4.98 Å². The monoisotopic (exact) mass is 339 g/mol. The predicted octanol–water partition coefficient (Wildman–Crippen LogP) is 1.65. The molecule has 2 heterocycles.